The number of nitrogens with one attached hydrogen (secondary N) is 1. The molecule has 1 heterocycles. The minimum absolute atomic E-state index is 0.0118. The van der Waals surface area contributed by atoms with Crippen molar-refractivity contribution in [2.45, 2.75) is 27.2 Å². The summed E-state index contributed by atoms with van der Waals surface area (Å²) < 4.78 is 0. The van der Waals surface area contributed by atoms with Crippen LogP contribution in [0.4, 0.5) is 11.4 Å². The van der Waals surface area contributed by atoms with Crippen LogP contribution in [0, 0.1) is 11.3 Å². The van der Waals surface area contributed by atoms with E-state index in [2.05, 4.69) is 5.32 Å². The van der Waals surface area contributed by atoms with Crippen LogP contribution in [0.3, 0.4) is 0 Å². The number of rotatable bonds is 3. The molecule has 0 aromatic heterocycles. The van der Waals surface area contributed by atoms with Gasteiger partial charge in [-0.2, -0.15) is 0 Å². The number of benzene rings is 1. The molecule has 1 fully saturated rings. The van der Waals surface area contributed by atoms with Gasteiger partial charge < -0.3 is 15.3 Å². The second kappa shape index (κ2) is 5.85. The van der Waals surface area contributed by atoms with Gasteiger partial charge in [0.1, 0.15) is 0 Å². The summed E-state index contributed by atoms with van der Waals surface area (Å²) in [5, 5.41) is 12.0. The summed E-state index contributed by atoms with van der Waals surface area (Å²) in [6.07, 6.45) is 0.388. The quantitative estimate of drug-likeness (QED) is 0.894. The molecule has 1 aromatic carbocycles. The molecule has 1 unspecified atom stereocenters. The van der Waals surface area contributed by atoms with Gasteiger partial charge in [-0.25, -0.2) is 0 Å². The van der Waals surface area contributed by atoms with Crippen LogP contribution in [0.2, 0.25) is 0 Å². The maximum absolute atomic E-state index is 11.9. The molecule has 0 aliphatic carbocycles. The van der Waals surface area contributed by atoms with Gasteiger partial charge in [0.2, 0.25) is 11.8 Å². The molecule has 1 aliphatic heterocycles. The minimum atomic E-state index is -0.446. The molecule has 0 saturated carbocycles. The SMILES string of the molecule is CC(C)(C)C(=O)Nc1ccc(N2CC(CO)CC2=O)cc1. The molecule has 1 aromatic rings. The molecule has 0 spiro atoms. The lowest BCUT2D eigenvalue weighted by Crippen LogP contribution is -2.27. The number of carbonyl (C=O) groups is 2. The monoisotopic (exact) mass is 290 g/mol. The molecule has 2 amide bonds. The number of aliphatic hydroxyl groups excluding tert-OH is 1. The fourth-order valence-electron chi connectivity index (χ4n) is 2.20. The smallest absolute Gasteiger partial charge is 0.229 e. The molecule has 1 atom stereocenters. The second-order valence-electron chi connectivity index (χ2n) is 6.51. The van der Waals surface area contributed by atoms with Crippen molar-refractivity contribution in [1.82, 2.24) is 0 Å². The molecule has 1 aliphatic rings. The molecule has 2 rings (SSSR count). The molecule has 114 valence electrons. The normalized spacial score (nSPS) is 19.0. The largest absolute Gasteiger partial charge is 0.396 e. The van der Waals surface area contributed by atoms with E-state index in [9.17, 15) is 9.59 Å². The van der Waals surface area contributed by atoms with Crippen LogP contribution in [-0.2, 0) is 9.59 Å². The number of amides is 2. The van der Waals surface area contributed by atoms with Crippen molar-refractivity contribution in [3.05, 3.63) is 24.3 Å². The maximum atomic E-state index is 11.9. The highest BCUT2D eigenvalue weighted by atomic mass is 16.3. The van der Waals surface area contributed by atoms with E-state index in [4.69, 9.17) is 5.11 Å². The Morgan fingerprint density at radius 2 is 1.95 bits per heavy atom. The minimum Gasteiger partial charge on any atom is -0.396 e. The Hall–Kier alpha value is -1.88. The average Bonchev–Trinajstić information content (AvgIpc) is 2.80. The van der Waals surface area contributed by atoms with E-state index in [1.165, 1.54) is 0 Å². The van der Waals surface area contributed by atoms with E-state index in [-0.39, 0.29) is 24.3 Å². The molecule has 21 heavy (non-hydrogen) atoms. The lowest BCUT2D eigenvalue weighted by molar-refractivity contribution is -0.123. The molecule has 5 nitrogen and oxygen atoms in total. The number of anilines is 2. The van der Waals surface area contributed by atoms with Crippen LogP contribution >= 0.6 is 0 Å². The third-order valence-electron chi connectivity index (χ3n) is 3.58. The van der Waals surface area contributed by atoms with Crippen LogP contribution in [-0.4, -0.2) is 30.1 Å². The van der Waals surface area contributed by atoms with E-state index in [1.54, 1.807) is 17.0 Å². The maximum Gasteiger partial charge on any atom is 0.229 e. The fourth-order valence-corrected chi connectivity index (χ4v) is 2.20. The van der Waals surface area contributed by atoms with E-state index < -0.39 is 5.41 Å². The number of hydrogen-bond donors (Lipinski definition) is 2. The van der Waals surface area contributed by atoms with Gasteiger partial charge in [-0.15, -0.1) is 0 Å². The van der Waals surface area contributed by atoms with Crippen molar-refractivity contribution in [3.63, 3.8) is 0 Å². The molecule has 2 N–H and O–H groups in total. The molecular formula is C16H22N2O3. The lowest BCUT2D eigenvalue weighted by Gasteiger charge is -2.19. The zero-order valence-corrected chi connectivity index (χ0v) is 12.7. The Morgan fingerprint density at radius 1 is 1.33 bits per heavy atom. The summed E-state index contributed by atoms with van der Waals surface area (Å²) in [5.41, 5.74) is 1.06. The van der Waals surface area contributed by atoms with Crippen molar-refractivity contribution in [3.8, 4) is 0 Å². The van der Waals surface area contributed by atoms with Crippen LogP contribution in [0.5, 0.6) is 0 Å². The summed E-state index contributed by atoms with van der Waals surface area (Å²) in [6.45, 7) is 6.14. The van der Waals surface area contributed by atoms with Gasteiger partial charge in [-0.05, 0) is 24.3 Å². The average molecular weight is 290 g/mol. The highest BCUT2D eigenvalue weighted by molar-refractivity contribution is 5.97. The summed E-state index contributed by atoms with van der Waals surface area (Å²) in [6, 6.07) is 7.21. The molecule has 0 bridgehead atoms. The molecule has 0 radical (unpaired) electrons. The number of hydrogen-bond acceptors (Lipinski definition) is 3. The summed E-state index contributed by atoms with van der Waals surface area (Å²) in [4.78, 5) is 25.5. The number of nitrogens with zero attached hydrogens (tertiary/aromatic N) is 1. The van der Waals surface area contributed by atoms with Gasteiger partial charge in [0.05, 0.1) is 0 Å². The van der Waals surface area contributed by atoms with Crippen LogP contribution in [0.25, 0.3) is 0 Å². The second-order valence-corrected chi connectivity index (χ2v) is 6.51. The Labute approximate surface area is 125 Å². The van der Waals surface area contributed by atoms with Gasteiger partial charge in [0.25, 0.3) is 0 Å². The molecular weight excluding hydrogens is 268 g/mol. The van der Waals surface area contributed by atoms with Crippen LogP contribution in [0.1, 0.15) is 27.2 Å². The first-order chi connectivity index (χ1) is 9.81. The van der Waals surface area contributed by atoms with Crippen molar-refractivity contribution in [2.24, 2.45) is 11.3 Å². The third-order valence-corrected chi connectivity index (χ3v) is 3.58. The van der Waals surface area contributed by atoms with Gasteiger partial charge in [0, 0.05) is 42.3 Å². The molecule has 1 saturated heterocycles. The predicted octanol–water partition coefficient (Wildman–Crippen LogP) is 2.02. The Balaban J connectivity index is 2.06. The first-order valence-electron chi connectivity index (χ1n) is 7.14. The molecule has 5 heteroatoms. The van der Waals surface area contributed by atoms with Crippen molar-refractivity contribution < 1.29 is 14.7 Å². The highest BCUT2D eigenvalue weighted by Crippen LogP contribution is 2.26. The topological polar surface area (TPSA) is 69.6 Å². The van der Waals surface area contributed by atoms with Gasteiger partial charge in [-0.1, -0.05) is 20.8 Å². The van der Waals surface area contributed by atoms with E-state index in [0.29, 0.717) is 18.7 Å². The third kappa shape index (κ3) is 3.61. The Bertz CT molecular complexity index is 531. The predicted molar refractivity (Wildman–Crippen MR) is 82.1 cm³/mol. The van der Waals surface area contributed by atoms with Gasteiger partial charge in [-0.3, -0.25) is 9.59 Å². The van der Waals surface area contributed by atoms with Gasteiger partial charge in [0.15, 0.2) is 0 Å². The first kappa shape index (κ1) is 15.5. The van der Waals surface area contributed by atoms with E-state index in [1.807, 2.05) is 32.9 Å². The standard InChI is InChI=1S/C16H22N2O3/c1-16(2,3)15(21)17-12-4-6-13(7-5-12)18-9-11(10-19)8-14(18)20/h4-7,11,19H,8-10H2,1-3H3,(H,17,21). The van der Waals surface area contributed by atoms with Gasteiger partial charge >= 0.3 is 0 Å². The van der Waals surface area contributed by atoms with Crippen LogP contribution in [0.15, 0.2) is 24.3 Å². The zero-order chi connectivity index (χ0) is 15.6. The lowest BCUT2D eigenvalue weighted by atomic mass is 9.95. The first-order valence-corrected chi connectivity index (χ1v) is 7.14. The van der Waals surface area contributed by atoms with Crippen molar-refractivity contribution in [1.29, 1.82) is 0 Å². The van der Waals surface area contributed by atoms with E-state index >= 15 is 0 Å². The van der Waals surface area contributed by atoms with Crippen molar-refractivity contribution >= 4 is 23.2 Å². The summed E-state index contributed by atoms with van der Waals surface area (Å²) in [7, 11) is 0. The Morgan fingerprint density at radius 3 is 2.43 bits per heavy atom. The highest BCUT2D eigenvalue weighted by Gasteiger charge is 2.30. The number of carbonyl (C=O) groups excluding carboxylic acids is 2. The summed E-state index contributed by atoms with van der Waals surface area (Å²) in [5.74, 6) is -0.00820. The van der Waals surface area contributed by atoms with E-state index in [0.717, 1.165) is 5.69 Å². The van der Waals surface area contributed by atoms with Crippen molar-refractivity contribution in [2.75, 3.05) is 23.4 Å². The Kier molecular flexibility index (Phi) is 4.32. The summed E-state index contributed by atoms with van der Waals surface area (Å²) >= 11 is 0. The van der Waals surface area contributed by atoms with Crippen LogP contribution < -0.4 is 10.2 Å². The number of aliphatic hydroxyl groups is 1. The fraction of sp³-hybridized carbons (Fsp3) is 0.500. The zero-order valence-electron chi connectivity index (χ0n) is 12.7.